The molecule has 0 aliphatic carbocycles. The van der Waals surface area contributed by atoms with Gasteiger partial charge in [-0.3, -0.25) is 4.79 Å². The van der Waals surface area contributed by atoms with Crippen LogP contribution in [-0.2, 0) is 11.3 Å². The summed E-state index contributed by atoms with van der Waals surface area (Å²) in [6, 6.07) is 36.3. The van der Waals surface area contributed by atoms with Gasteiger partial charge in [-0.25, -0.2) is 0 Å². The number of hydrogen-bond acceptors (Lipinski definition) is 1. The van der Waals surface area contributed by atoms with Crippen molar-refractivity contribution in [2.24, 2.45) is 0 Å². The minimum Gasteiger partial charge on any atom is -0.303 e. The maximum absolute atomic E-state index is 13.4. The lowest BCUT2D eigenvalue weighted by atomic mass is 10.0. The van der Waals surface area contributed by atoms with E-state index >= 15 is 0 Å². The summed E-state index contributed by atoms with van der Waals surface area (Å²) in [6.45, 7) is 0.518. The minimum atomic E-state index is -0.00376. The van der Waals surface area contributed by atoms with E-state index < -0.39 is 0 Å². The molecule has 1 aliphatic rings. The van der Waals surface area contributed by atoms with Gasteiger partial charge in [-0.1, -0.05) is 109 Å². The largest absolute Gasteiger partial charge is 0.303 e. The normalized spacial score (nSPS) is 14.6. The maximum atomic E-state index is 13.4. The molecule has 0 fully saturated rings. The second kappa shape index (κ2) is 9.32. The number of benzene rings is 4. The summed E-state index contributed by atoms with van der Waals surface area (Å²) in [5.74, 6) is -0.00376. The highest BCUT2D eigenvalue weighted by Crippen LogP contribution is 2.33. The van der Waals surface area contributed by atoms with Crippen LogP contribution in [0.2, 0.25) is 5.02 Å². The first-order chi connectivity index (χ1) is 16.2. The quantitative estimate of drug-likeness (QED) is 0.290. The number of carbonyl (C=O) groups is 1. The van der Waals surface area contributed by atoms with Crippen molar-refractivity contribution in [1.29, 1.82) is 0 Å². The van der Waals surface area contributed by atoms with Crippen molar-refractivity contribution in [1.82, 2.24) is 4.90 Å². The third-order valence-electron chi connectivity index (χ3n) is 5.74. The summed E-state index contributed by atoms with van der Waals surface area (Å²) in [5.41, 5.74) is 6.93. The molecule has 5 rings (SSSR count). The van der Waals surface area contributed by atoms with Crippen molar-refractivity contribution >= 4 is 29.3 Å². The van der Waals surface area contributed by atoms with Gasteiger partial charge in [-0.05, 0) is 52.1 Å². The lowest BCUT2D eigenvalue weighted by Gasteiger charge is -2.21. The fourth-order valence-corrected chi connectivity index (χ4v) is 4.15. The molecule has 33 heavy (non-hydrogen) atoms. The van der Waals surface area contributed by atoms with Gasteiger partial charge in [-0.15, -0.1) is 0 Å². The number of amides is 1. The number of halogens is 1. The predicted octanol–water partition coefficient (Wildman–Crippen LogP) is 7.47. The van der Waals surface area contributed by atoms with E-state index in [1.165, 1.54) is 5.56 Å². The summed E-state index contributed by atoms with van der Waals surface area (Å²) in [7, 11) is 0. The van der Waals surface area contributed by atoms with Gasteiger partial charge in [0.15, 0.2) is 0 Å². The van der Waals surface area contributed by atoms with Crippen molar-refractivity contribution in [3.8, 4) is 11.1 Å². The van der Waals surface area contributed by atoms with Crippen molar-refractivity contribution in [2.75, 3.05) is 0 Å². The van der Waals surface area contributed by atoms with Crippen LogP contribution in [0.15, 0.2) is 121 Å². The summed E-state index contributed by atoms with van der Waals surface area (Å²) >= 11 is 6.02. The van der Waals surface area contributed by atoms with Crippen LogP contribution in [0.4, 0.5) is 0 Å². The summed E-state index contributed by atoms with van der Waals surface area (Å²) in [6.07, 6.45) is 3.90. The summed E-state index contributed by atoms with van der Waals surface area (Å²) in [4.78, 5) is 15.3. The average Bonchev–Trinajstić information content (AvgIpc) is 3.16. The van der Waals surface area contributed by atoms with E-state index in [-0.39, 0.29) is 5.91 Å². The summed E-state index contributed by atoms with van der Waals surface area (Å²) in [5, 5.41) is 0.676. The average molecular weight is 448 g/mol. The van der Waals surface area contributed by atoms with Crippen LogP contribution in [0.25, 0.3) is 22.9 Å². The predicted molar refractivity (Wildman–Crippen MR) is 136 cm³/mol. The topological polar surface area (TPSA) is 20.3 Å². The Kier molecular flexibility index (Phi) is 5.93. The molecule has 160 valence electrons. The van der Waals surface area contributed by atoms with Crippen LogP contribution >= 0.6 is 11.6 Å². The van der Waals surface area contributed by atoms with E-state index in [2.05, 4.69) is 36.4 Å². The third kappa shape index (κ3) is 4.67. The van der Waals surface area contributed by atoms with Crippen molar-refractivity contribution in [3.63, 3.8) is 0 Å². The number of hydrogen-bond donors (Lipinski definition) is 0. The zero-order chi connectivity index (χ0) is 22.6. The standard InChI is InChI=1S/C30H22ClNO/c31-28-17-11-22(12-18-28)19-27-20-29(32(30(27)33)21-23-7-3-1-4-8-23)26-15-13-25(14-16-26)24-9-5-2-6-10-24/h1-20H,21H2. The van der Waals surface area contributed by atoms with E-state index in [0.717, 1.165) is 28.0 Å². The fourth-order valence-electron chi connectivity index (χ4n) is 4.02. The van der Waals surface area contributed by atoms with Crippen LogP contribution < -0.4 is 0 Å². The molecule has 0 atom stereocenters. The second-order valence-electron chi connectivity index (χ2n) is 8.00. The Morgan fingerprint density at radius 3 is 1.91 bits per heavy atom. The van der Waals surface area contributed by atoms with Gasteiger partial charge in [0, 0.05) is 10.6 Å². The molecule has 1 heterocycles. The Morgan fingerprint density at radius 1 is 0.667 bits per heavy atom. The molecule has 4 aromatic rings. The van der Waals surface area contributed by atoms with Crippen molar-refractivity contribution in [3.05, 3.63) is 143 Å². The van der Waals surface area contributed by atoms with Crippen LogP contribution in [-0.4, -0.2) is 10.8 Å². The van der Waals surface area contributed by atoms with Crippen molar-refractivity contribution in [2.45, 2.75) is 6.54 Å². The Balaban J connectivity index is 1.51. The second-order valence-corrected chi connectivity index (χ2v) is 8.44. The SMILES string of the molecule is O=C1C(=Cc2ccc(Cl)cc2)C=C(c2ccc(-c3ccccc3)cc2)N1Cc1ccccc1. The Morgan fingerprint density at radius 2 is 1.24 bits per heavy atom. The molecular weight excluding hydrogens is 426 g/mol. The highest BCUT2D eigenvalue weighted by molar-refractivity contribution is 6.30. The lowest BCUT2D eigenvalue weighted by molar-refractivity contribution is -0.123. The first-order valence-electron chi connectivity index (χ1n) is 10.9. The zero-order valence-electron chi connectivity index (χ0n) is 18.0. The first kappa shape index (κ1) is 21.0. The molecule has 0 radical (unpaired) electrons. The highest BCUT2D eigenvalue weighted by Gasteiger charge is 2.29. The number of nitrogens with zero attached hydrogens (tertiary/aromatic N) is 1. The van der Waals surface area contributed by atoms with Gasteiger partial charge in [-0.2, -0.15) is 0 Å². The highest BCUT2D eigenvalue weighted by atomic mass is 35.5. The van der Waals surface area contributed by atoms with Gasteiger partial charge in [0.25, 0.3) is 5.91 Å². The van der Waals surface area contributed by atoms with E-state index in [0.29, 0.717) is 17.1 Å². The smallest absolute Gasteiger partial charge is 0.258 e. The van der Waals surface area contributed by atoms with Crippen LogP contribution in [0, 0.1) is 0 Å². The molecule has 0 saturated heterocycles. The molecule has 1 aliphatic heterocycles. The molecule has 0 saturated carbocycles. The molecule has 0 N–H and O–H groups in total. The van der Waals surface area contributed by atoms with Gasteiger partial charge < -0.3 is 4.90 Å². The summed E-state index contributed by atoms with van der Waals surface area (Å²) < 4.78 is 0. The van der Waals surface area contributed by atoms with Crippen LogP contribution in [0.5, 0.6) is 0 Å². The van der Waals surface area contributed by atoms with E-state index in [4.69, 9.17) is 11.6 Å². The maximum Gasteiger partial charge on any atom is 0.258 e. The molecule has 0 spiro atoms. The van der Waals surface area contributed by atoms with Gasteiger partial charge >= 0.3 is 0 Å². The van der Waals surface area contributed by atoms with Gasteiger partial charge in [0.1, 0.15) is 0 Å². The lowest BCUT2D eigenvalue weighted by Crippen LogP contribution is -2.25. The first-order valence-corrected chi connectivity index (χ1v) is 11.3. The van der Waals surface area contributed by atoms with Gasteiger partial charge in [0.05, 0.1) is 12.2 Å². The molecule has 4 aromatic carbocycles. The van der Waals surface area contributed by atoms with Crippen LogP contribution in [0.3, 0.4) is 0 Å². The Bertz CT molecular complexity index is 1320. The molecule has 1 amide bonds. The van der Waals surface area contributed by atoms with Crippen LogP contribution in [0.1, 0.15) is 16.7 Å². The monoisotopic (exact) mass is 447 g/mol. The molecule has 2 nitrogen and oxygen atoms in total. The van der Waals surface area contributed by atoms with E-state index in [1.54, 1.807) is 0 Å². The number of carbonyl (C=O) groups excluding carboxylic acids is 1. The van der Waals surface area contributed by atoms with E-state index in [1.807, 2.05) is 89.8 Å². The third-order valence-corrected chi connectivity index (χ3v) is 5.99. The number of rotatable bonds is 5. The zero-order valence-corrected chi connectivity index (χ0v) is 18.7. The molecule has 0 aromatic heterocycles. The molecule has 0 unspecified atom stereocenters. The molecular formula is C30H22ClNO. The van der Waals surface area contributed by atoms with Gasteiger partial charge in [0.2, 0.25) is 0 Å². The molecule has 0 bridgehead atoms. The minimum absolute atomic E-state index is 0.00376. The van der Waals surface area contributed by atoms with Crippen molar-refractivity contribution < 1.29 is 4.79 Å². The Hall–Kier alpha value is -3.88. The Labute approximate surface area is 199 Å². The molecule has 3 heteroatoms. The fraction of sp³-hybridized carbons (Fsp3) is 0.0333. The van der Waals surface area contributed by atoms with E-state index in [9.17, 15) is 4.79 Å².